The van der Waals surface area contributed by atoms with Gasteiger partial charge < -0.3 is 9.80 Å². The van der Waals surface area contributed by atoms with Crippen LogP contribution in [0.1, 0.15) is 40.0 Å². The van der Waals surface area contributed by atoms with Crippen LogP contribution in [0.15, 0.2) is 58.7 Å². The quantitative estimate of drug-likeness (QED) is 0.250. The molecule has 0 aliphatic heterocycles. The van der Waals surface area contributed by atoms with Crippen molar-refractivity contribution in [2.75, 3.05) is 27.2 Å². The fraction of sp³-hybridized carbons (Fsp3) is 0.476. The Morgan fingerprint density at radius 3 is 2.20 bits per heavy atom. The Morgan fingerprint density at radius 2 is 1.68 bits per heavy atom. The Morgan fingerprint density at radius 1 is 1.08 bits per heavy atom. The summed E-state index contributed by atoms with van der Waals surface area (Å²) in [5.41, 5.74) is 2.60. The van der Waals surface area contributed by atoms with Crippen LogP contribution < -0.4 is 0 Å². The first-order chi connectivity index (χ1) is 11.8. The van der Waals surface area contributed by atoms with E-state index in [4.69, 9.17) is 0 Å². The number of allylic oxidation sites excluding steroid dienone is 5. The van der Waals surface area contributed by atoms with Gasteiger partial charge in [-0.1, -0.05) is 45.3 Å². The number of rotatable bonds is 13. The average Bonchev–Trinajstić information content (AvgIpc) is 2.53. The number of nitrogens with zero attached hydrogens (tertiary/aromatic N) is 2. The van der Waals surface area contributed by atoms with E-state index in [1.165, 1.54) is 11.8 Å². The van der Waals surface area contributed by atoms with Crippen molar-refractivity contribution in [3.8, 4) is 0 Å². The highest BCUT2D eigenvalue weighted by molar-refractivity contribution is 8.06. The Balaban J connectivity index is 4.75. The summed E-state index contributed by atoms with van der Waals surface area (Å²) < 4.78 is 0. The molecule has 0 aromatic heterocycles. The second kappa shape index (κ2) is 12.6. The van der Waals surface area contributed by atoms with Crippen molar-refractivity contribution in [1.29, 1.82) is 0 Å². The number of aldehydes is 1. The van der Waals surface area contributed by atoms with Crippen LogP contribution in [0.4, 0.5) is 0 Å². The minimum atomic E-state index is 0.687. The van der Waals surface area contributed by atoms with Gasteiger partial charge in [-0.15, -0.1) is 0 Å². The molecule has 4 heteroatoms. The predicted octanol–water partition coefficient (Wildman–Crippen LogP) is 5.36. The monoisotopic (exact) mass is 362 g/mol. The van der Waals surface area contributed by atoms with Gasteiger partial charge in [0.05, 0.1) is 5.70 Å². The second-order valence-electron chi connectivity index (χ2n) is 6.24. The molecule has 0 aliphatic rings. The number of carbonyl (C=O) groups is 1. The van der Waals surface area contributed by atoms with Gasteiger partial charge in [0.15, 0.2) is 6.29 Å². The van der Waals surface area contributed by atoms with Gasteiger partial charge in [0, 0.05) is 38.5 Å². The summed E-state index contributed by atoms with van der Waals surface area (Å²) in [4.78, 5) is 17.4. The first-order valence-electron chi connectivity index (χ1n) is 8.75. The highest BCUT2D eigenvalue weighted by Crippen LogP contribution is 2.33. The standard InChI is InChI=1S/C21H34N2OS/c1-9-12-22(7)14-11-17(3)15-18(4)25-20(6)19(5)21(16-24)23(8)13-10-2/h11,14,16H,3-4,6,9-10,12-13,15H2,1-2,5,7-8H3/b14-11-,21-19-. The van der Waals surface area contributed by atoms with Crippen LogP contribution in [0.3, 0.4) is 0 Å². The molecule has 25 heavy (non-hydrogen) atoms. The van der Waals surface area contributed by atoms with Crippen molar-refractivity contribution in [1.82, 2.24) is 9.80 Å². The lowest BCUT2D eigenvalue weighted by atomic mass is 10.2. The van der Waals surface area contributed by atoms with Gasteiger partial charge >= 0.3 is 0 Å². The molecule has 3 nitrogen and oxygen atoms in total. The molecule has 0 amide bonds. The number of hydrogen-bond donors (Lipinski definition) is 0. The summed E-state index contributed by atoms with van der Waals surface area (Å²) in [6, 6.07) is 0. The summed E-state index contributed by atoms with van der Waals surface area (Å²) in [7, 11) is 3.99. The number of likely N-dealkylation sites (N-methyl/N-ethyl adjacent to an activating group) is 1. The largest absolute Gasteiger partial charge is 0.380 e. The van der Waals surface area contributed by atoms with E-state index in [0.29, 0.717) is 12.1 Å². The fourth-order valence-electron chi connectivity index (χ4n) is 2.32. The molecule has 0 radical (unpaired) electrons. The van der Waals surface area contributed by atoms with Crippen LogP contribution >= 0.6 is 11.8 Å². The molecule has 0 aromatic rings. The van der Waals surface area contributed by atoms with Gasteiger partial charge in [0.25, 0.3) is 0 Å². The van der Waals surface area contributed by atoms with Gasteiger partial charge in [0.1, 0.15) is 0 Å². The van der Waals surface area contributed by atoms with Gasteiger partial charge in [-0.2, -0.15) is 0 Å². The van der Waals surface area contributed by atoms with E-state index in [1.807, 2.05) is 31.1 Å². The summed E-state index contributed by atoms with van der Waals surface area (Å²) in [6.45, 7) is 20.4. The van der Waals surface area contributed by atoms with Crippen LogP contribution in [0.2, 0.25) is 0 Å². The Hall–Kier alpha value is -1.68. The number of thioether (sulfide) groups is 1. The molecule has 0 N–H and O–H groups in total. The smallest absolute Gasteiger partial charge is 0.166 e. The van der Waals surface area contributed by atoms with Crippen molar-refractivity contribution < 1.29 is 4.79 Å². The van der Waals surface area contributed by atoms with Crippen LogP contribution in [0.25, 0.3) is 0 Å². The molecule has 140 valence electrons. The molecule has 0 saturated carbocycles. The zero-order valence-electron chi connectivity index (χ0n) is 16.6. The maximum absolute atomic E-state index is 11.4. The van der Waals surface area contributed by atoms with Crippen LogP contribution in [0.5, 0.6) is 0 Å². The summed E-state index contributed by atoms with van der Waals surface area (Å²) in [6.07, 6.45) is 7.80. The molecular weight excluding hydrogens is 328 g/mol. The lowest BCUT2D eigenvalue weighted by Gasteiger charge is -2.21. The number of carbonyl (C=O) groups excluding carboxylic acids is 1. The van der Waals surface area contributed by atoms with Crippen molar-refractivity contribution in [2.45, 2.75) is 40.0 Å². The highest BCUT2D eigenvalue weighted by Gasteiger charge is 2.11. The van der Waals surface area contributed by atoms with Crippen LogP contribution in [0, 0.1) is 0 Å². The van der Waals surface area contributed by atoms with E-state index in [0.717, 1.165) is 53.2 Å². The van der Waals surface area contributed by atoms with Crippen molar-refractivity contribution >= 4 is 18.0 Å². The Bertz CT molecular complexity index is 546. The van der Waals surface area contributed by atoms with Gasteiger partial charge in [0.2, 0.25) is 0 Å². The average molecular weight is 363 g/mol. The molecule has 0 saturated heterocycles. The molecular formula is C21H34N2OS. The number of hydrogen-bond acceptors (Lipinski definition) is 4. The molecule has 0 atom stereocenters. The molecule has 0 fully saturated rings. The predicted molar refractivity (Wildman–Crippen MR) is 113 cm³/mol. The zero-order chi connectivity index (χ0) is 19.4. The zero-order valence-corrected chi connectivity index (χ0v) is 17.4. The maximum Gasteiger partial charge on any atom is 0.166 e. The third kappa shape index (κ3) is 9.40. The lowest BCUT2D eigenvalue weighted by Crippen LogP contribution is -2.21. The van der Waals surface area contributed by atoms with E-state index in [1.54, 1.807) is 0 Å². The molecule has 0 heterocycles. The first kappa shape index (κ1) is 23.3. The third-order valence-electron chi connectivity index (χ3n) is 3.72. The van der Waals surface area contributed by atoms with Crippen molar-refractivity contribution in [3.63, 3.8) is 0 Å². The topological polar surface area (TPSA) is 23.6 Å². The van der Waals surface area contributed by atoms with Gasteiger partial charge in [-0.05, 0) is 48.1 Å². The highest BCUT2D eigenvalue weighted by atomic mass is 32.2. The van der Waals surface area contributed by atoms with Crippen molar-refractivity contribution in [3.05, 3.63) is 58.7 Å². The minimum Gasteiger partial charge on any atom is -0.380 e. The molecule has 0 bridgehead atoms. The molecule has 0 spiro atoms. The van der Waals surface area contributed by atoms with E-state index in [-0.39, 0.29) is 0 Å². The van der Waals surface area contributed by atoms with Gasteiger partial charge in [-0.25, -0.2) is 0 Å². The summed E-state index contributed by atoms with van der Waals surface area (Å²) >= 11 is 1.52. The van der Waals surface area contributed by atoms with Gasteiger partial charge in [-0.3, -0.25) is 4.79 Å². The summed E-state index contributed by atoms with van der Waals surface area (Å²) in [5.74, 6) is 0. The summed E-state index contributed by atoms with van der Waals surface area (Å²) in [5, 5.41) is 0. The lowest BCUT2D eigenvalue weighted by molar-refractivity contribution is -0.106. The van der Waals surface area contributed by atoms with Crippen LogP contribution in [-0.4, -0.2) is 43.3 Å². The SMILES string of the molecule is C=C(/C=C\N(C)CCC)CC(=C)SC(=C)/C(C)=C(/C=O)N(C)CCC. The third-order valence-corrected chi connectivity index (χ3v) is 4.70. The van der Waals surface area contributed by atoms with E-state index in [2.05, 4.69) is 45.5 Å². The maximum atomic E-state index is 11.4. The minimum absolute atomic E-state index is 0.687. The van der Waals surface area contributed by atoms with Crippen molar-refractivity contribution in [2.24, 2.45) is 0 Å². The van der Waals surface area contributed by atoms with E-state index >= 15 is 0 Å². The molecule has 0 aliphatic carbocycles. The molecule has 0 unspecified atom stereocenters. The Labute approximate surface area is 158 Å². The van der Waals surface area contributed by atoms with E-state index in [9.17, 15) is 4.79 Å². The Kier molecular flexibility index (Phi) is 11.8. The normalized spacial score (nSPS) is 11.9. The molecule has 0 aromatic carbocycles. The van der Waals surface area contributed by atoms with E-state index < -0.39 is 0 Å². The first-order valence-corrected chi connectivity index (χ1v) is 9.56. The fourth-order valence-corrected chi connectivity index (χ4v) is 3.19. The van der Waals surface area contributed by atoms with Crippen LogP contribution in [-0.2, 0) is 4.79 Å². The molecule has 0 rings (SSSR count). The second-order valence-corrected chi connectivity index (χ2v) is 7.52.